The molecule has 0 bridgehead atoms. The van der Waals surface area contributed by atoms with Crippen molar-refractivity contribution < 1.29 is 42.9 Å². The van der Waals surface area contributed by atoms with Crippen LogP contribution in [0.3, 0.4) is 0 Å². The van der Waals surface area contributed by atoms with Crippen LogP contribution < -0.4 is 10.0 Å². The molecule has 3 rings (SSSR count). The maximum atomic E-state index is 14.2. The van der Waals surface area contributed by atoms with E-state index in [-0.39, 0.29) is 34.7 Å². The first-order valence-electron chi connectivity index (χ1n) is 15.7. The Labute approximate surface area is 282 Å². The van der Waals surface area contributed by atoms with Crippen LogP contribution in [0.5, 0.6) is 0 Å². The minimum absolute atomic E-state index is 0.0842. The maximum Gasteiger partial charge on any atom is 0.408 e. The number of nitrogens with zero attached hydrogens (tertiary/aromatic N) is 1. The molecule has 0 saturated carbocycles. The van der Waals surface area contributed by atoms with E-state index in [1.807, 2.05) is 6.07 Å². The molecule has 3 aromatic rings. The second-order valence-electron chi connectivity index (χ2n) is 14.3. The fourth-order valence-corrected chi connectivity index (χ4v) is 4.73. The fourth-order valence-electron chi connectivity index (χ4n) is 4.73. The SMILES string of the molecule is Cc1c(C(=O)OC(C)(C)C)c(-c2ccccc2)c(C(=O)OC(C)(C)C)c(C[C@H](NC(=O)OC(C)(C)C)C(=O)OCc2ccccc2)[n+]1[O-]. The van der Waals surface area contributed by atoms with Crippen LogP contribution >= 0.6 is 0 Å². The van der Waals surface area contributed by atoms with E-state index in [2.05, 4.69) is 5.32 Å². The number of nitrogens with one attached hydrogen (secondary N) is 1. The first-order chi connectivity index (χ1) is 22.2. The minimum Gasteiger partial charge on any atom is -0.618 e. The summed E-state index contributed by atoms with van der Waals surface area (Å²) in [6.45, 7) is 16.3. The van der Waals surface area contributed by atoms with Crippen LogP contribution in [0.4, 0.5) is 4.79 Å². The summed E-state index contributed by atoms with van der Waals surface area (Å²) in [7, 11) is 0. The number of benzene rings is 2. The number of carbonyl (C=O) groups is 4. The van der Waals surface area contributed by atoms with Crippen molar-refractivity contribution in [1.82, 2.24) is 5.32 Å². The third-order valence-corrected chi connectivity index (χ3v) is 6.57. The molecule has 0 unspecified atom stereocenters. The van der Waals surface area contributed by atoms with Gasteiger partial charge in [-0.2, -0.15) is 4.73 Å². The summed E-state index contributed by atoms with van der Waals surface area (Å²) in [4.78, 5) is 54.5. The average molecular weight is 663 g/mol. The van der Waals surface area contributed by atoms with E-state index in [9.17, 15) is 24.4 Å². The number of hydrogen-bond donors (Lipinski definition) is 1. The highest BCUT2D eigenvalue weighted by molar-refractivity contribution is 6.07. The zero-order chi connectivity index (χ0) is 36.0. The van der Waals surface area contributed by atoms with Crippen molar-refractivity contribution in [3.05, 3.63) is 93.9 Å². The molecule has 0 radical (unpaired) electrons. The highest BCUT2D eigenvalue weighted by Crippen LogP contribution is 2.34. The van der Waals surface area contributed by atoms with Crippen molar-refractivity contribution in [3.8, 4) is 11.1 Å². The van der Waals surface area contributed by atoms with E-state index >= 15 is 0 Å². The highest BCUT2D eigenvalue weighted by Gasteiger charge is 2.40. The molecule has 0 aliphatic carbocycles. The van der Waals surface area contributed by atoms with Gasteiger partial charge in [0.05, 0.1) is 6.42 Å². The molecular weight excluding hydrogens is 616 g/mol. The Balaban J connectivity index is 2.30. The lowest BCUT2D eigenvalue weighted by atomic mass is 9.90. The van der Waals surface area contributed by atoms with Gasteiger partial charge in [0.15, 0.2) is 0 Å². The van der Waals surface area contributed by atoms with Gasteiger partial charge in [0, 0.05) is 12.5 Å². The summed E-state index contributed by atoms with van der Waals surface area (Å²) >= 11 is 0. The summed E-state index contributed by atoms with van der Waals surface area (Å²) in [6.07, 6.45) is -1.45. The number of rotatable bonds is 9. The van der Waals surface area contributed by atoms with Crippen LogP contribution in [0.25, 0.3) is 11.1 Å². The lowest BCUT2D eigenvalue weighted by Crippen LogP contribution is -2.49. The van der Waals surface area contributed by atoms with E-state index < -0.39 is 53.3 Å². The van der Waals surface area contributed by atoms with Crippen LogP contribution in [0.15, 0.2) is 60.7 Å². The topological polar surface area (TPSA) is 144 Å². The van der Waals surface area contributed by atoms with Gasteiger partial charge in [-0.1, -0.05) is 60.7 Å². The van der Waals surface area contributed by atoms with Crippen molar-refractivity contribution in [1.29, 1.82) is 0 Å². The molecule has 0 fully saturated rings. The Morgan fingerprint density at radius 1 is 0.729 bits per heavy atom. The highest BCUT2D eigenvalue weighted by atomic mass is 16.6. The van der Waals surface area contributed by atoms with Crippen LogP contribution in [0, 0.1) is 12.1 Å². The average Bonchev–Trinajstić information content (AvgIpc) is 2.95. The summed E-state index contributed by atoms with van der Waals surface area (Å²) < 4.78 is 22.9. The number of ether oxygens (including phenoxy) is 4. The molecule has 11 nitrogen and oxygen atoms in total. The summed E-state index contributed by atoms with van der Waals surface area (Å²) in [6, 6.07) is 16.0. The molecule has 0 aliphatic heterocycles. The molecule has 1 N–H and O–H groups in total. The summed E-state index contributed by atoms with van der Waals surface area (Å²) in [5, 5.41) is 16.7. The van der Waals surface area contributed by atoms with Gasteiger partial charge in [-0.3, -0.25) is 0 Å². The zero-order valence-corrected chi connectivity index (χ0v) is 29.4. The minimum atomic E-state index is -1.49. The molecule has 1 heterocycles. The molecule has 0 aliphatic rings. The van der Waals surface area contributed by atoms with Crippen LogP contribution in [0.1, 0.15) is 100.0 Å². The number of hydrogen-bond acceptors (Lipinski definition) is 9. The van der Waals surface area contributed by atoms with E-state index in [1.54, 1.807) is 117 Å². The van der Waals surface area contributed by atoms with Gasteiger partial charge in [0.2, 0.25) is 11.4 Å². The van der Waals surface area contributed by atoms with E-state index in [1.165, 1.54) is 6.92 Å². The quantitative estimate of drug-likeness (QED) is 0.119. The van der Waals surface area contributed by atoms with Crippen LogP contribution in [0.2, 0.25) is 0 Å². The first-order valence-corrected chi connectivity index (χ1v) is 15.7. The van der Waals surface area contributed by atoms with Gasteiger partial charge in [0.1, 0.15) is 40.6 Å². The molecule has 1 aromatic heterocycles. The smallest absolute Gasteiger partial charge is 0.408 e. The van der Waals surface area contributed by atoms with Crippen LogP contribution in [-0.4, -0.2) is 46.8 Å². The predicted molar refractivity (Wildman–Crippen MR) is 179 cm³/mol. The van der Waals surface area contributed by atoms with E-state index in [0.29, 0.717) is 15.9 Å². The summed E-state index contributed by atoms with van der Waals surface area (Å²) in [5.74, 6) is -2.63. The Morgan fingerprint density at radius 3 is 1.71 bits per heavy atom. The van der Waals surface area contributed by atoms with E-state index in [4.69, 9.17) is 18.9 Å². The van der Waals surface area contributed by atoms with Gasteiger partial charge in [-0.25, -0.2) is 19.2 Å². The largest absolute Gasteiger partial charge is 0.618 e. The van der Waals surface area contributed by atoms with Crippen molar-refractivity contribution in [2.45, 2.75) is 105 Å². The Kier molecular flexibility index (Phi) is 11.6. The molecule has 1 atom stereocenters. The fraction of sp³-hybridized carbons (Fsp3) is 0.432. The molecule has 48 heavy (non-hydrogen) atoms. The normalized spacial score (nSPS) is 12.5. The van der Waals surface area contributed by atoms with Crippen molar-refractivity contribution in [2.24, 2.45) is 0 Å². The van der Waals surface area contributed by atoms with Gasteiger partial charge in [-0.05, 0) is 73.4 Å². The van der Waals surface area contributed by atoms with Crippen molar-refractivity contribution in [2.75, 3.05) is 0 Å². The number of carbonyl (C=O) groups excluding carboxylic acids is 4. The van der Waals surface area contributed by atoms with E-state index in [0.717, 1.165) is 0 Å². The van der Waals surface area contributed by atoms with Crippen molar-refractivity contribution in [3.63, 3.8) is 0 Å². The zero-order valence-electron chi connectivity index (χ0n) is 29.4. The van der Waals surface area contributed by atoms with Gasteiger partial charge in [0.25, 0.3) is 0 Å². The second kappa shape index (κ2) is 14.9. The lowest BCUT2D eigenvalue weighted by Gasteiger charge is -2.26. The maximum absolute atomic E-state index is 14.2. The third-order valence-electron chi connectivity index (χ3n) is 6.57. The van der Waals surface area contributed by atoms with Gasteiger partial charge in [-0.15, -0.1) is 0 Å². The van der Waals surface area contributed by atoms with Gasteiger partial charge >= 0.3 is 24.0 Å². The Morgan fingerprint density at radius 2 is 1.21 bits per heavy atom. The molecule has 11 heteroatoms. The Hall–Kier alpha value is -4.93. The molecule has 0 saturated heterocycles. The Bertz CT molecular complexity index is 1630. The molecular formula is C37H46N2O9. The number of esters is 3. The monoisotopic (exact) mass is 662 g/mol. The number of aromatic nitrogens is 1. The summed E-state index contributed by atoms with van der Waals surface area (Å²) in [5.41, 5.74) is -2.35. The molecule has 2 aromatic carbocycles. The molecule has 258 valence electrons. The first kappa shape index (κ1) is 37.5. The second-order valence-corrected chi connectivity index (χ2v) is 14.3. The third kappa shape index (κ3) is 10.5. The van der Waals surface area contributed by atoms with Crippen LogP contribution in [-0.2, 0) is 36.8 Å². The standard InChI is InChI=1S/C37H46N2O9/c1-23-28(32(41)46-35(2,3)4)29(25-19-15-12-16-20-25)30(33(42)47-36(5,6)7)27(39(23)44)21-26(38-34(43)48-37(8,9)10)31(40)45-22-24-17-13-11-14-18-24/h11-20,26H,21-22H2,1-10H3,(H,38,43)/t26-/m0/s1. The predicted octanol–water partition coefficient (Wildman–Crippen LogP) is 6.39. The lowest BCUT2D eigenvalue weighted by molar-refractivity contribution is -0.621. The molecule has 0 spiro atoms. The van der Waals surface area contributed by atoms with Crippen molar-refractivity contribution >= 4 is 24.0 Å². The number of alkyl carbamates (subject to hydrolysis) is 1. The number of pyridine rings is 1. The van der Waals surface area contributed by atoms with Gasteiger partial charge < -0.3 is 29.5 Å². The number of amides is 1. The molecule has 1 amide bonds.